The van der Waals surface area contributed by atoms with Crippen LogP contribution in [0.4, 0.5) is 5.13 Å². The van der Waals surface area contributed by atoms with Gasteiger partial charge in [-0.3, -0.25) is 4.79 Å². The average Bonchev–Trinajstić information content (AvgIpc) is 2.81. The minimum Gasteiger partial charge on any atom is -0.497 e. The number of nitrogen functional groups attached to an aromatic ring is 1. The highest BCUT2D eigenvalue weighted by Gasteiger charge is 2.12. The summed E-state index contributed by atoms with van der Waals surface area (Å²) in [5.41, 5.74) is 6.08. The lowest BCUT2D eigenvalue weighted by Gasteiger charge is -2.01. The fourth-order valence-electron chi connectivity index (χ4n) is 1.66. The lowest BCUT2D eigenvalue weighted by Crippen LogP contribution is -2.19. The van der Waals surface area contributed by atoms with Crippen LogP contribution in [0.1, 0.15) is 0 Å². The zero-order valence-corrected chi connectivity index (χ0v) is 10.7. The molecule has 0 spiro atoms. The summed E-state index contributed by atoms with van der Waals surface area (Å²) in [4.78, 5) is 12.6. The number of fused-ring (bicyclic) bond motifs is 1. The van der Waals surface area contributed by atoms with E-state index in [9.17, 15) is 4.79 Å². The molecule has 2 heterocycles. The molecule has 0 fully saturated rings. The number of hydrogen-bond donors (Lipinski definition) is 1. The Hall–Kier alpha value is -2.48. The smallest absolute Gasteiger partial charge is 0.302 e. The number of nitrogens with zero attached hydrogens (tertiary/aromatic N) is 4. The maximum absolute atomic E-state index is 12.2. The number of methoxy groups -OCH3 is 1. The van der Waals surface area contributed by atoms with Crippen molar-refractivity contribution in [3.05, 3.63) is 34.6 Å². The second-order valence-corrected chi connectivity index (χ2v) is 4.70. The number of rotatable bonds is 2. The highest BCUT2D eigenvalue weighted by molar-refractivity contribution is 7.20. The largest absolute Gasteiger partial charge is 0.497 e. The van der Waals surface area contributed by atoms with E-state index in [1.54, 1.807) is 31.4 Å². The van der Waals surface area contributed by atoms with Crippen molar-refractivity contribution in [1.82, 2.24) is 19.8 Å². The van der Waals surface area contributed by atoms with Crippen molar-refractivity contribution in [2.45, 2.75) is 0 Å². The fraction of sp³-hybridized carbons (Fsp3) is 0.0909. The van der Waals surface area contributed by atoms with Crippen molar-refractivity contribution in [3.8, 4) is 17.0 Å². The summed E-state index contributed by atoms with van der Waals surface area (Å²) in [6, 6.07) is 6.99. The third kappa shape index (κ3) is 1.91. The van der Waals surface area contributed by atoms with Crippen LogP contribution in [-0.2, 0) is 0 Å². The molecule has 2 N–H and O–H groups in total. The SMILES string of the molecule is COc1ccc(-c2nnc3sc(N)nn3c2=O)cc1. The molecule has 0 atom stereocenters. The van der Waals surface area contributed by atoms with Crippen molar-refractivity contribution in [1.29, 1.82) is 0 Å². The molecule has 3 aromatic rings. The summed E-state index contributed by atoms with van der Waals surface area (Å²) in [5, 5.41) is 12.1. The van der Waals surface area contributed by atoms with Crippen LogP contribution in [0.5, 0.6) is 5.75 Å². The van der Waals surface area contributed by atoms with Crippen LogP contribution in [0.3, 0.4) is 0 Å². The van der Waals surface area contributed by atoms with Crippen LogP contribution in [0.15, 0.2) is 29.1 Å². The van der Waals surface area contributed by atoms with Gasteiger partial charge in [-0.05, 0) is 24.3 Å². The first-order chi connectivity index (χ1) is 9.19. The van der Waals surface area contributed by atoms with Crippen LogP contribution in [0.25, 0.3) is 16.2 Å². The summed E-state index contributed by atoms with van der Waals surface area (Å²) in [6.07, 6.45) is 0. The number of anilines is 1. The Labute approximate surface area is 111 Å². The molecule has 2 aromatic heterocycles. The monoisotopic (exact) mass is 275 g/mol. The third-order valence-corrected chi connectivity index (χ3v) is 3.30. The van der Waals surface area contributed by atoms with Gasteiger partial charge in [-0.15, -0.1) is 15.3 Å². The predicted octanol–water partition coefficient (Wildman–Crippen LogP) is 0.804. The molecule has 0 unspecified atom stereocenters. The van der Waals surface area contributed by atoms with Crippen LogP contribution < -0.4 is 16.0 Å². The Kier molecular flexibility index (Phi) is 2.64. The van der Waals surface area contributed by atoms with E-state index in [1.807, 2.05) is 0 Å². The second-order valence-electron chi connectivity index (χ2n) is 3.72. The van der Waals surface area contributed by atoms with Gasteiger partial charge in [0.25, 0.3) is 0 Å². The van der Waals surface area contributed by atoms with E-state index in [4.69, 9.17) is 10.5 Å². The molecule has 0 radical (unpaired) electrons. The molecular weight excluding hydrogens is 266 g/mol. The van der Waals surface area contributed by atoms with Gasteiger partial charge in [0.1, 0.15) is 5.75 Å². The first-order valence-corrected chi connectivity index (χ1v) is 6.17. The fourth-order valence-corrected chi connectivity index (χ4v) is 2.26. The second kappa shape index (κ2) is 4.32. The van der Waals surface area contributed by atoms with Crippen molar-refractivity contribution >= 4 is 21.4 Å². The number of hydrogen-bond acceptors (Lipinski definition) is 7. The molecule has 8 heteroatoms. The van der Waals surface area contributed by atoms with Gasteiger partial charge in [-0.1, -0.05) is 11.3 Å². The number of benzene rings is 1. The van der Waals surface area contributed by atoms with E-state index in [0.29, 0.717) is 16.3 Å². The molecule has 96 valence electrons. The topological polar surface area (TPSA) is 95.4 Å². The van der Waals surface area contributed by atoms with Gasteiger partial charge in [0.15, 0.2) is 5.69 Å². The molecule has 0 aliphatic carbocycles. The normalized spacial score (nSPS) is 10.8. The Morgan fingerprint density at radius 1 is 1.26 bits per heavy atom. The average molecular weight is 275 g/mol. The maximum Gasteiger partial charge on any atom is 0.302 e. The molecule has 0 aliphatic heterocycles. The summed E-state index contributed by atoms with van der Waals surface area (Å²) < 4.78 is 6.22. The Bertz CT molecular complexity index is 793. The number of aromatic nitrogens is 4. The van der Waals surface area contributed by atoms with E-state index >= 15 is 0 Å². The van der Waals surface area contributed by atoms with E-state index in [2.05, 4.69) is 15.3 Å². The van der Waals surface area contributed by atoms with Crippen molar-refractivity contribution < 1.29 is 4.74 Å². The first kappa shape index (κ1) is 11.6. The Morgan fingerprint density at radius 2 is 2.00 bits per heavy atom. The van der Waals surface area contributed by atoms with Gasteiger partial charge in [-0.2, -0.15) is 4.52 Å². The zero-order valence-electron chi connectivity index (χ0n) is 9.90. The molecule has 19 heavy (non-hydrogen) atoms. The zero-order chi connectivity index (χ0) is 13.4. The summed E-state index contributed by atoms with van der Waals surface area (Å²) in [6.45, 7) is 0. The molecule has 0 amide bonds. The Balaban J connectivity index is 2.18. The number of ether oxygens (including phenoxy) is 1. The molecule has 0 bridgehead atoms. The molecule has 3 rings (SSSR count). The maximum atomic E-state index is 12.2. The molecule has 1 aromatic carbocycles. The quantitative estimate of drug-likeness (QED) is 0.743. The summed E-state index contributed by atoms with van der Waals surface area (Å²) in [5.74, 6) is 0.704. The molecule has 0 saturated heterocycles. The molecule has 7 nitrogen and oxygen atoms in total. The van der Waals surface area contributed by atoms with Crippen LogP contribution in [-0.4, -0.2) is 26.9 Å². The standard InChI is InChI=1S/C11H9N5O2S/c1-18-7-4-2-6(3-5-7)8-9(17)16-11(14-13-8)19-10(12)15-16/h2-5H,1H3,(H2,12,15). The van der Waals surface area contributed by atoms with E-state index in [1.165, 1.54) is 0 Å². The summed E-state index contributed by atoms with van der Waals surface area (Å²) >= 11 is 1.11. The predicted molar refractivity (Wildman–Crippen MR) is 71.3 cm³/mol. The molecule has 0 saturated carbocycles. The van der Waals surface area contributed by atoms with E-state index in [0.717, 1.165) is 15.9 Å². The molecule has 0 aliphatic rings. The first-order valence-electron chi connectivity index (χ1n) is 5.35. The van der Waals surface area contributed by atoms with Gasteiger partial charge in [0.05, 0.1) is 7.11 Å². The molecular formula is C11H9N5O2S. The lowest BCUT2D eigenvalue weighted by molar-refractivity contribution is 0.415. The van der Waals surface area contributed by atoms with Gasteiger partial charge in [0, 0.05) is 5.56 Å². The summed E-state index contributed by atoms with van der Waals surface area (Å²) in [7, 11) is 1.58. The van der Waals surface area contributed by atoms with E-state index < -0.39 is 0 Å². The van der Waals surface area contributed by atoms with Gasteiger partial charge >= 0.3 is 5.56 Å². The van der Waals surface area contributed by atoms with E-state index in [-0.39, 0.29) is 16.4 Å². The lowest BCUT2D eigenvalue weighted by atomic mass is 10.1. The van der Waals surface area contributed by atoms with Crippen molar-refractivity contribution in [3.63, 3.8) is 0 Å². The van der Waals surface area contributed by atoms with Crippen LogP contribution in [0, 0.1) is 0 Å². The third-order valence-electron chi connectivity index (χ3n) is 2.57. The van der Waals surface area contributed by atoms with Crippen LogP contribution >= 0.6 is 11.3 Å². The number of nitrogens with two attached hydrogens (primary N) is 1. The highest BCUT2D eigenvalue weighted by atomic mass is 32.1. The highest BCUT2D eigenvalue weighted by Crippen LogP contribution is 2.19. The van der Waals surface area contributed by atoms with Gasteiger partial charge in [-0.25, -0.2) is 0 Å². The van der Waals surface area contributed by atoms with Gasteiger partial charge in [0.2, 0.25) is 10.1 Å². The minimum absolute atomic E-state index is 0.227. The van der Waals surface area contributed by atoms with Gasteiger partial charge < -0.3 is 10.5 Å². The Morgan fingerprint density at radius 3 is 2.68 bits per heavy atom. The van der Waals surface area contributed by atoms with Crippen molar-refractivity contribution in [2.75, 3.05) is 12.8 Å². The van der Waals surface area contributed by atoms with Crippen LogP contribution in [0.2, 0.25) is 0 Å². The van der Waals surface area contributed by atoms with Crippen molar-refractivity contribution in [2.24, 2.45) is 0 Å². The minimum atomic E-state index is -0.344.